The van der Waals surface area contributed by atoms with Crippen molar-refractivity contribution < 1.29 is 9.53 Å². The lowest BCUT2D eigenvalue weighted by Gasteiger charge is -2.11. The quantitative estimate of drug-likeness (QED) is 0.785. The molecular weight excluding hydrogens is 228 g/mol. The van der Waals surface area contributed by atoms with Crippen LogP contribution in [-0.2, 0) is 0 Å². The van der Waals surface area contributed by atoms with E-state index in [-0.39, 0.29) is 5.91 Å². The number of carbonyl (C=O) groups excluding carboxylic acids is 1. The topological polar surface area (TPSA) is 64.4 Å². The Balaban J connectivity index is 2.06. The van der Waals surface area contributed by atoms with Crippen molar-refractivity contribution in [1.29, 1.82) is 0 Å². The van der Waals surface area contributed by atoms with Gasteiger partial charge in [0.1, 0.15) is 11.3 Å². The van der Waals surface area contributed by atoms with E-state index in [0.29, 0.717) is 29.0 Å². The number of hydrogen-bond donors (Lipinski definition) is 2. The molecule has 3 N–H and O–H groups in total. The number of nitrogens with one attached hydrogen (secondary N) is 1. The molecule has 1 fully saturated rings. The third kappa shape index (κ3) is 2.58. The van der Waals surface area contributed by atoms with Gasteiger partial charge in [0.15, 0.2) is 0 Å². The molecule has 0 aromatic heterocycles. The van der Waals surface area contributed by atoms with Gasteiger partial charge in [0, 0.05) is 11.7 Å². The molecule has 0 radical (unpaired) electrons. The normalized spacial score (nSPS) is 21.4. The summed E-state index contributed by atoms with van der Waals surface area (Å²) < 4.78 is 5.18. The fraction of sp³-hybridized carbons (Fsp3) is 0.500. The van der Waals surface area contributed by atoms with E-state index >= 15 is 0 Å². The molecule has 0 spiro atoms. The van der Waals surface area contributed by atoms with Gasteiger partial charge >= 0.3 is 0 Å². The van der Waals surface area contributed by atoms with E-state index in [9.17, 15) is 4.79 Å². The molecule has 1 aromatic carbocycles. The minimum absolute atomic E-state index is 0.131. The summed E-state index contributed by atoms with van der Waals surface area (Å²) in [5.41, 5.74) is 6.75. The molecule has 1 saturated carbocycles. The molecule has 1 aromatic rings. The first-order chi connectivity index (χ1) is 8.67. The van der Waals surface area contributed by atoms with Crippen LogP contribution >= 0.6 is 0 Å². The Hall–Kier alpha value is -1.71. The summed E-state index contributed by atoms with van der Waals surface area (Å²) in [6.45, 7) is 2.16. The second kappa shape index (κ2) is 5.29. The highest BCUT2D eigenvalue weighted by molar-refractivity contribution is 6.02. The molecule has 0 heterocycles. The average Bonchev–Trinajstić information content (AvgIpc) is 3.07. The Morgan fingerprint density at radius 2 is 2.33 bits per heavy atom. The minimum atomic E-state index is -0.131. The van der Waals surface area contributed by atoms with Crippen LogP contribution in [0.25, 0.3) is 0 Å². The Kier molecular flexibility index (Phi) is 3.75. The van der Waals surface area contributed by atoms with Crippen molar-refractivity contribution in [3.8, 4) is 5.75 Å². The van der Waals surface area contributed by atoms with Crippen LogP contribution in [0.1, 0.15) is 36.5 Å². The molecule has 4 heteroatoms. The summed E-state index contributed by atoms with van der Waals surface area (Å²) in [5, 5.41) is 3.02. The van der Waals surface area contributed by atoms with Gasteiger partial charge in [-0.15, -0.1) is 0 Å². The zero-order valence-electron chi connectivity index (χ0n) is 10.9. The smallest absolute Gasteiger partial charge is 0.257 e. The monoisotopic (exact) mass is 248 g/mol. The standard InChI is InChI=1S/C14H20N2O2/c1-3-5-9-8-11(9)16-14(17)13-10(15)6-4-7-12(13)18-2/h4,6-7,9,11H,3,5,8,15H2,1-2H3,(H,16,17). The van der Waals surface area contributed by atoms with Gasteiger partial charge in [-0.05, 0) is 30.9 Å². The number of benzene rings is 1. The average molecular weight is 248 g/mol. The Bertz CT molecular complexity index is 445. The van der Waals surface area contributed by atoms with E-state index in [1.165, 1.54) is 6.42 Å². The second-order valence-electron chi connectivity index (χ2n) is 4.79. The fourth-order valence-corrected chi connectivity index (χ4v) is 2.32. The van der Waals surface area contributed by atoms with E-state index in [0.717, 1.165) is 12.8 Å². The minimum Gasteiger partial charge on any atom is -0.496 e. The highest BCUT2D eigenvalue weighted by atomic mass is 16.5. The fourth-order valence-electron chi connectivity index (χ4n) is 2.32. The lowest BCUT2D eigenvalue weighted by atomic mass is 10.1. The van der Waals surface area contributed by atoms with Crippen LogP contribution in [0, 0.1) is 5.92 Å². The van der Waals surface area contributed by atoms with Crippen LogP contribution in [0.4, 0.5) is 5.69 Å². The van der Waals surface area contributed by atoms with Gasteiger partial charge in [-0.25, -0.2) is 0 Å². The molecular formula is C14H20N2O2. The van der Waals surface area contributed by atoms with Gasteiger partial charge in [0.25, 0.3) is 5.91 Å². The molecule has 2 rings (SSSR count). The number of nitrogens with two attached hydrogens (primary N) is 1. The Morgan fingerprint density at radius 3 is 3.00 bits per heavy atom. The summed E-state index contributed by atoms with van der Waals surface area (Å²) in [6, 6.07) is 5.55. The summed E-state index contributed by atoms with van der Waals surface area (Å²) >= 11 is 0. The SMILES string of the molecule is CCCC1CC1NC(=O)c1c(N)cccc1OC. The van der Waals surface area contributed by atoms with Crippen molar-refractivity contribution in [2.24, 2.45) is 5.92 Å². The molecule has 1 amide bonds. The van der Waals surface area contributed by atoms with E-state index in [4.69, 9.17) is 10.5 Å². The maximum atomic E-state index is 12.2. The first kappa shape index (κ1) is 12.7. The van der Waals surface area contributed by atoms with E-state index < -0.39 is 0 Å². The third-order valence-corrected chi connectivity index (χ3v) is 3.40. The number of amides is 1. The van der Waals surface area contributed by atoms with Gasteiger partial charge < -0.3 is 15.8 Å². The zero-order chi connectivity index (χ0) is 13.1. The number of anilines is 1. The zero-order valence-corrected chi connectivity index (χ0v) is 10.9. The molecule has 2 atom stereocenters. The first-order valence-electron chi connectivity index (χ1n) is 6.40. The highest BCUT2D eigenvalue weighted by Crippen LogP contribution is 2.35. The predicted molar refractivity (Wildman–Crippen MR) is 71.7 cm³/mol. The molecule has 4 nitrogen and oxygen atoms in total. The molecule has 2 unspecified atom stereocenters. The van der Waals surface area contributed by atoms with Crippen LogP contribution in [0.2, 0.25) is 0 Å². The van der Waals surface area contributed by atoms with E-state index in [1.807, 2.05) is 0 Å². The predicted octanol–water partition coefficient (Wildman–Crippen LogP) is 2.20. The largest absolute Gasteiger partial charge is 0.496 e. The van der Waals surface area contributed by atoms with Crippen LogP contribution in [-0.4, -0.2) is 19.1 Å². The Morgan fingerprint density at radius 1 is 1.56 bits per heavy atom. The Labute approximate surface area is 108 Å². The first-order valence-corrected chi connectivity index (χ1v) is 6.40. The lowest BCUT2D eigenvalue weighted by molar-refractivity contribution is 0.0947. The van der Waals surface area contributed by atoms with Gasteiger partial charge in [-0.1, -0.05) is 19.4 Å². The second-order valence-corrected chi connectivity index (χ2v) is 4.79. The summed E-state index contributed by atoms with van der Waals surface area (Å²) in [4.78, 5) is 12.2. The summed E-state index contributed by atoms with van der Waals surface area (Å²) in [7, 11) is 1.54. The summed E-state index contributed by atoms with van der Waals surface area (Å²) in [6.07, 6.45) is 3.41. The molecule has 0 bridgehead atoms. The molecule has 0 aliphatic heterocycles. The summed E-state index contributed by atoms with van der Waals surface area (Å²) in [5.74, 6) is 1.03. The van der Waals surface area contributed by atoms with Crippen LogP contribution < -0.4 is 15.8 Å². The molecule has 18 heavy (non-hydrogen) atoms. The number of methoxy groups -OCH3 is 1. The molecule has 1 aliphatic carbocycles. The van der Waals surface area contributed by atoms with Crippen molar-refractivity contribution >= 4 is 11.6 Å². The molecule has 0 saturated heterocycles. The van der Waals surface area contributed by atoms with Crippen molar-refractivity contribution in [3.05, 3.63) is 23.8 Å². The molecule has 98 valence electrons. The van der Waals surface area contributed by atoms with Gasteiger partial charge in [0.05, 0.1) is 7.11 Å². The maximum absolute atomic E-state index is 12.2. The maximum Gasteiger partial charge on any atom is 0.257 e. The van der Waals surface area contributed by atoms with Crippen molar-refractivity contribution in [1.82, 2.24) is 5.32 Å². The van der Waals surface area contributed by atoms with Crippen LogP contribution in [0.5, 0.6) is 5.75 Å². The highest BCUT2D eigenvalue weighted by Gasteiger charge is 2.37. The van der Waals surface area contributed by atoms with Crippen molar-refractivity contribution in [2.45, 2.75) is 32.2 Å². The van der Waals surface area contributed by atoms with Crippen molar-refractivity contribution in [2.75, 3.05) is 12.8 Å². The van der Waals surface area contributed by atoms with Gasteiger partial charge in [-0.3, -0.25) is 4.79 Å². The number of ether oxygens (including phenoxy) is 1. The lowest BCUT2D eigenvalue weighted by Crippen LogP contribution is -2.28. The number of nitrogen functional groups attached to an aromatic ring is 1. The van der Waals surface area contributed by atoms with E-state index in [2.05, 4.69) is 12.2 Å². The molecule has 1 aliphatic rings. The number of carbonyl (C=O) groups is 1. The van der Waals surface area contributed by atoms with Crippen LogP contribution in [0.15, 0.2) is 18.2 Å². The van der Waals surface area contributed by atoms with Gasteiger partial charge in [0.2, 0.25) is 0 Å². The van der Waals surface area contributed by atoms with Gasteiger partial charge in [-0.2, -0.15) is 0 Å². The number of rotatable bonds is 5. The van der Waals surface area contributed by atoms with Crippen LogP contribution in [0.3, 0.4) is 0 Å². The van der Waals surface area contributed by atoms with Crippen molar-refractivity contribution in [3.63, 3.8) is 0 Å². The third-order valence-electron chi connectivity index (χ3n) is 3.40. The number of hydrogen-bond acceptors (Lipinski definition) is 3. The van der Waals surface area contributed by atoms with E-state index in [1.54, 1.807) is 25.3 Å².